The van der Waals surface area contributed by atoms with Crippen LogP contribution in [0.4, 0.5) is 0 Å². The first kappa shape index (κ1) is 37.2. The molecule has 0 fully saturated rings. The Hall–Kier alpha value is -0.790. The molecule has 38 heavy (non-hydrogen) atoms. The number of hydrogen-bond acceptors (Lipinski definition) is 1. The Labute approximate surface area is 240 Å². The van der Waals surface area contributed by atoms with E-state index in [1.54, 1.807) is 6.92 Å². The minimum Gasteiger partial charge on any atom is -0.478 e. The molecule has 0 aliphatic rings. The summed E-state index contributed by atoms with van der Waals surface area (Å²) in [6, 6.07) is 0. The summed E-state index contributed by atoms with van der Waals surface area (Å²) in [5.41, 5.74) is 0.519. The van der Waals surface area contributed by atoms with Crippen LogP contribution in [-0.4, -0.2) is 11.1 Å². The zero-order valence-electron chi connectivity index (χ0n) is 26.5. The molecule has 0 aromatic rings. The normalized spacial score (nSPS) is 12.8. The van der Waals surface area contributed by atoms with Gasteiger partial charge in [-0.1, -0.05) is 200 Å². The van der Waals surface area contributed by atoms with Gasteiger partial charge in [-0.3, -0.25) is 0 Å². The predicted molar refractivity (Wildman–Crippen MR) is 170 cm³/mol. The van der Waals surface area contributed by atoms with E-state index in [2.05, 4.69) is 13.8 Å². The van der Waals surface area contributed by atoms with Crippen LogP contribution in [0.25, 0.3) is 0 Å². The van der Waals surface area contributed by atoms with Crippen molar-refractivity contribution in [3.8, 4) is 0 Å². The second-order valence-electron chi connectivity index (χ2n) is 12.4. The van der Waals surface area contributed by atoms with Gasteiger partial charge in [0, 0.05) is 5.57 Å². The van der Waals surface area contributed by atoms with Crippen molar-refractivity contribution in [1.82, 2.24) is 0 Å². The van der Waals surface area contributed by atoms with Gasteiger partial charge in [-0.05, 0) is 19.3 Å². The van der Waals surface area contributed by atoms with Gasteiger partial charge in [0.25, 0.3) is 0 Å². The molecule has 0 spiro atoms. The Balaban J connectivity index is 3.82. The number of carboxylic acids is 1. The van der Waals surface area contributed by atoms with Gasteiger partial charge < -0.3 is 5.11 Å². The Morgan fingerprint density at radius 1 is 0.500 bits per heavy atom. The number of allylic oxidation sites excluding steroid dienone is 1. The molecule has 2 heteroatoms. The summed E-state index contributed by atoms with van der Waals surface area (Å²) in [5.74, 6) is -0.0876. The molecule has 0 aromatic carbocycles. The molecule has 0 saturated heterocycles. The highest BCUT2D eigenvalue weighted by Gasteiger charge is 2.09. The van der Waals surface area contributed by atoms with Gasteiger partial charge >= 0.3 is 5.97 Å². The molecule has 0 amide bonds. The van der Waals surface area contributed by atoms with Gasteiger partial charge in [0.1, 0.15) is 0 Å². The second-order valence-corrected chi connectivity index (χ2v) is 12.4. The molecule has 1 atom stereocenters. The Bertz CT molecular complexity index is 509. The van der Waals surface area contributed by atoms with Crippen molar-refractivity contribution in [3.63, 3.8) is 0 Å². The number of hydrogen-bond donors (Lipinski definition) is 1. The van der Waals surface area contributed by atoms with Crippen LogP contribution in [0.2, 0.25) is 0 Å². The molecule has 1 N–H and O–H groups in total. The van der Waals surface area contributed by atoms with Gasteiger partial charge in [0.2, 0.25) is 0 Å². The average Bonchev–Trinajstić information content (AvgIpc) is 2.91. The fourth-order valence-corrected chi connectivity index (χ4v) is 5.71. The zero-order chi connectivity index (χ0) is 27.9. The summed E-state index contributed by atoms with van der Waals surface area (Å²) >= 11 is 0. The molecule has 2 nitrogen and oxygen atoms in total. The summed E-state index contributed by atoms with van der Waals surface area (Å²) in [6.45, 7) is 6.33. The number of carboxylic acid groups (broad SMARTS) is 1. The molecular formula is C36H70O2. The molecule has 0 saturated carbocycles. The molecule has 0 aliphatic carbocycles. The summed E-state index contributed by atoms with van der Waals surface area (Å²) in [7, 11) is 0. The van der Waals surface area contributed by atoms with Crippen molar-refractivity contribution in [2.24, 2.45) is 5.92 Å². The van der Waals surface area contributed by atoms with Gasteiger partial charge in [-0.15, -0.1) is 0 Å². The first-order chi connectivity index (χ1) is 18.6. The van der Waals surface area contributed by atoms with E-state index >= 15 is 0 Å². The lowest BCUT2D eigenvalue weighted by molar-refractivity contribution is -0.132. The quantitative estimate of drug-likeness (QED) is 0.0709. The fraction of sp³-hybridized carbons (Fsp3) is 0.917. The van der Waals surface area contributed by atoms with E-state index in [1.165, 1.54) is 180 Å². The van der Waals surface area contributed by atoms with Crippen molar-refractivity contribution in [1.29, 1.82) is 0 Å². The van der Waals surface area contributed by atoms with E-state index in [0.717, 1.165) is 6.42 Å². The van der Waals surface area contributed by atoms with Crippen LogP contribution < -0.4 is 0 Å². The highest BCUT2D eigenvalue weighted by molar-refractivity contribution is 5.85. The van der Waals surface area contributed by atoms with Crippen molar-refractivity contribution in [3.05, 3.63) is 11.6 Å². The molecule has 0 bridgehead atoms. The number of aliphatic carboxylic acids is 1. The molecule has 0 rings (SSSR count). The van der Waals surface area contributed by atoms with Crippen molar-refractivity contribution < 1.29 is 9.90 Å². The molecule has 0 radical (unpaired) electrons. The maximum Gasteiger partial charge on any atom is 0.330 e. The number of rotatable bonds is 31. The SMILES string of the molecule is CCCCCCCCCCCCCCCCC(CC=C(C)C(=O)O)CCCCCCCCCCCCCC. The van der Waals surface area contributed by atoms with Crippen LogP contribution in [0.15, 0.2) is 11.6 Å². The lowest BCUT2D eigenvalue weighted by Crippen LogP contribution is -2.02. The van der Waals surface area contributed by atoms with Gasteiger partial charge in [-0.2, -0.15) is 0 Å². The summed E-state index contributed by atoms with van der Waals surface area (Å²) < 4.78 is 0. The number of unbranched alkanes of at least 4 members (excludes halogenated alkanes) is 24. The Morgan fingerprint density at radius 2 is 0.763 bits per heavy atom. The smallest absolute Gasteiger partial charge is 0.330 e. The van der Waals surface area contributed by atoms with E-state index in [1.807, 2.05) is 6.08 Å². The minimum absolute atomic E-state index is 0.519. The molecule has 1 unspecified atom stereocenters. The molecule has 0 heterocycles. The highest BCUT2D eigenvalue weighted by atomic mass is 16.4. The van der Waals surface area contributed by atoms with Crippen molar-refractivity contribution >= 4 is 5.97 Å². The first-order valence-corrected chi connectivity index (χ1v) is 17.5. The second kappa shape index (κ2) is 30.7. The largest absolute Gasteiger partial charge is 0.478 e. The first-order valence-electron chi connectivity index (χ1n) is 17.5. The van der Waals surface area contributed by atoms with Crippen molar-refractivity contribution in [2.45, 2.75) is 207 Å². The predicted octanol–water partition coefficient (Wildman–Crippen LogP) is 13.0. The summed E-state index contributed by atoms with van der Waals surface area (Å²) in [6.07, 6.45) is 42.0. The van der Waals surface area contributed by atoms with Crippen LogP contribution >= 0.6 is 0 Å². The minimum atomic E-state index is -0.759. The molecule has 0 aromatic heterocycles. The Morgan fingerprint density at radius 3 is 1.03 bits per heavy atom. The van der Waals surface area contributed by atoms with E-state index < -0.39 is 5.97 Å². The lowest BCUT2D eigenvalue weighted by Gasteiger charge is -2.15. The van der Waals surface area contributed by atoms with Gasteiger partial charge in [0.05, 0.1) is 0 Å². The molecule has 0 aliphatic heterocycles. The van der Waals surface area contributed by atoms with Crippen LogP contribution in [-0.2, 0) is 4.79 Å². The monoisotopic (exact) mass is 535 g/mol. The Kier molecular flexibility index (Phi) is 30.1. The van der Waals surface area contributed by atoms with E-state index in [4.69, 9.17) is 0 Å². The summed E-state index contributed by atoms with van der Waals surface area (Å²) in [4.78, 5) is 11.2. The maximum atomic E-state index is 11.2. The zero-order valence-corrected chi connectivity index (χ0v) is 26.5. The van der Waals surface area contributed by atoms with Crippen LogP contribution in [0.5, 0.6) is 0 Å². The van der Waals surface area contributed by atoms with E-state index in [9.17, 15) is 9.90 Å². The van der Waals surface area contributed by atoms with Crippen LogP contribution in [0, 0.1) is 5.92 Å². The fourth-order valence-electron chi connectivity index (χ4n) is 5.71. The lowest BCUT2D eigenvalue weighted by atomic mass is 9.90. The highest BCUT2D eigenvalue weighted by Crippen LogP contribution is 2.23. The third-order valence-electron chi connectivity index (χ3n) is 8.53. The maximum absolute atomic E-state index is 11.2. The van der Waals surface area contributed by atoms with Crippen LogP contribution in [0.1, 0.15) is 207 Å². The summed E-state index contributed by atoms with van der Waals surface area (Å²) in [5, 5.41) is 9.22. The topological polar surface area (TPSA) is 37.3 Å². The van der Waals surface area contributed by atoms with Crippen LogP contribution in [0.3, 0.4) is 0 Å². The van der Waals surface area contributed by atoms with E-state index in [0.29, 0.717) is 11.5 Å². The molecule has 226 valence electrons. The molecular weight excluding hydrogens is 464 g/mol. The van der Waals surface area contributed by atoms with E-state index in [-0.39, 0.29) is 0 Å². The van der Waals surface area contributed by atoms with Gasteiger partial charge in [-0.25, -0.2) is 4.79 Å². The third kappa shape index (κ3) is 28.2. The average molecular weight is 535 g/mol. The standard InChI is InChI=1S/C36H70O2/c1-4-6-8-10-12-14-16-18-19-21-23-25-27-29-31-35(33-32-34(3)36(37)38)30-28-26-24-22-20-17-15-13-11-9-7-5-2/h32,35H,4-31,33H2,1-3H3,(H,37,38). The van der Waals surface area contributed by atoms with Gasteiger partial charge in [0.15, 0.2) is 0 Å². The third-order valence-corrected chi connectivity index (χ3v) is 8.53. The number of carbonyl (C=O) groups is 1. The van der Waals surface area contributed by atoms with Crippen molar-refractivity contribution in [2.75, 3.05) is 0 Å².